The van der Waals surface area contributed by atoms with Gasteiger partial charge in [0.25, 0.3) is 0 Å². The maximum atomic E-state index is 11.9. The topological polar surface area (TPSA) is 58.4 Å². The van der Waals surface area contributed by atoms with Crippen LogP contribution in [0, 0.1) is 6.92 Å². The zero-order valence-electron chi connectivity index (χ0n) is 15.1. The first-order valence-corrected chi connectivity index (χ1v) is 9.81. The lowest BCUT2D eigenvalue weighted by Crippen LogP contribution is -2.35. The number of pyridine rings is 1. The first kappa shape index (κ1) is 17.2. The molecule has 0 bridgehead atoms. The molecule has 1 aliphatic heterocycles. The minimum atomic E-state index is -0.296. The van der Waals surface area contributed by atoms with Gasteiger partial charge >= 0.3 is 0 Å². The molecule has 0 radical (unpaired) electrons. The summed E-state index contributed by atoms with van der Waals surface area (Å²) in [7, 11) is 1.90. The van der Waals surface area contributed by atoms with Gasteiger partial charge in [0.1, 0.15) is 0 Å². The number of nitrogens with zero attached hydrogens (tertiary/aromatic N) is 3. The van der Waals surface area contributed by atoms with Crippen LogP contribution < -0.4 is 5.43 Å². The standard InChI is InChI=1S/C20H23N3O2S/c1-13-10-17(24)19(25)16(22(13)2)12-23-9-5-6-14(11-23)20-21-15-7-3-4-8-18(15)26-20/h3-4,7-8,10,14,25H,5-6,9,11-12H2,1-2H3. The summed E-state index contributed by atoms with van der Waals surface area (Å²) in [5.41, 5.74) is 2.33. The highest BCUT2D eigenvalue weighted by Gasteiger charge is 2.25. The van der Waals surface area contributed by atoms with Crippen molar-refractivity contribution < 1.29 is 5.11 Å². The molecule has 5 nitrogen and oxygen atoms in total. The minimum Gasteiger partial charge on any atom is -0.503 e. The maximum absolute atomic E-state index is 11.9. The molecule has 3 heterocycles. The molecular formula is C20H23N3O2S. The smallest absolute Gasteiger partial charge is 0.223 e. The van der Waals surface area contributed by atoms with Crippen molar-refractivity contribution in [3.05, 3.63) is 57.0 Å². The maximum Gasteiger partial charge on any atom is 0.223 e. The molecule has 26 heavy (non-hydrogen) atoms. The third-order valence-electron chi connectivity index (χ3n) is 5.32. The zero-order chi connectivity index (χ0) is 18.3. The Balaban J connectivity index is 1.57. The van der Waals surface area contributed by atoms with Crippen LogP contribution in [0.25, 0.3) is 10.2 Å². The second-order valence-corrected chi connectivity index (χ2v) is 8.16. The van der Waals surface area contributed by atoms with E-state index in [9.17, 15) is 9.90 Å². The minimum absolute atomic E-state index is 0.125. The van der Waals surface area contributed by atoms with Gasteiger partial charge in [0, 0.05) is 37.8 Å². The Bertz CT molecular complexity index is 975. The van der Waals surface area contributed by atoms with Crippen molar-refractivity contribution in [2.45, 2.75) is 32.2 Å². The molecule has 1 aliphatic rings. The Hall–Kier alpha value is -2.18. The Morgan fingerprint density at radius 2 is 2.15 bits per heavy atom. The fraction of sp³-hybridized carbons (Fsp3) is 0.400. The molecule has 0 aliphatic carbocycles. The second-order valence-electron chi connectivity index (χ2n) is 7.10. The number of hydrogen-bond donors (Lipinski definition) is 1. The van der Waals surface area contributed by atoms with Crippen LogP contribution >= 0.6 is 11.3 Å². The van der Waals surface area contributed by atoms with Gasteiger partial charge in [0.05, 0.1) is 20.9 Å². The number of aromatic nitrogens is 2. The van der Waals surface area contributed by atoms with Crippen LogP contribution in [0.4, 0.5) is 0 Å². The molecule has 1 atom stereocenters. The molecule has 0 spiro atoms. The van der Waals surface area contributed by atoms with Crippen LogP contribution in [0.1, 0.15) is 35.2 Å². The van der Waals surface area contributed by atoms with E-state index < -0.39 is 0 Å². The molecule has 0 amide bonds. The molecule has 1 unspecified atom stereocenters. The number of aryl methyl sites for hydroxylation is 1. The van der Waals surface area contributed by atoms with E-state index >= 15 is 0 Å². The lowest BCUT2D eigenvalue weighted by atomic mass is 9.98. The summed E-state index contributed by atoms with van der Waals surface area (Å²) in [6.45, 7) is 4.36. The Morgan fingerprint density at radius 1 is 1.35 bits per heavy atom. The van der Waals surface area contributed by atoms with Gasteiger partial charge in [-0.25, -0.2) is 4.98 Å². The first-order chi connectivity index (χ1) is 12.5. The van der Waals surface area contributed by atoms with Crippen molar-refractivity contribution >= 4 is 21.6 Å². The number of hydrogen-bond acceptors (Lipinski definition) is 5. The van der Waals surface area contributed by atoms with Crippen molar-refractivity contribution in [1.29, 1.82) is 0 Å². The number of aromatic hydroxyl groups is 1. The van der Waals surface area contributed by atoms with Gasteiger partial charge in [-0.1, -0.05) is 12.1 Å². The van der Waals surface area contributed by atoms with Gasteiger partial charge in [-0.3, -0.25) is 9.69 Å². The average molecular weight is 369 g/mol. The largest absolute Gasteiger partial charge is 0.503 e. The van der Waals surface area contributed by atoms with E-state index in [4.69, 9.17) is 4.98 Å². The van der Waals surface area contributed by atoms with Crippen LogP contribution in [0.15, 0.2) is 35.1 Å². The third kappa shape index (κ3) is 3.15. The van der Waals surface area contributed by atoms with Crippen LogP contribution in [0.2, 0.25) is 0 Å². The summed E-state index contributed by atoms with van der Waals surface area (Å²) in [5.74, 6) is 0.283. The van der Waals surface area contributed by atoms with Crippen LogP contribution in [0.3, 0.4) is 0 Å². The molecule has 4 rings (SSSR count). The van der Waals surface area contributed by atoms with Gasteiger partial charge in [0.2, 0.25) is 5.43 Å². The summed E-state index contributed by atoms with van der Waals surface area (Å²) in [4.78, 5) is 19.1. The quantitative estimate of drug-likeness (QED) is 0.769. The highest BCUT2D eigenvalue weighted by atomic mass is 32.1. The van der Waals surface area contributed by atoms with E-state index in [0.29, 0.717) is 18.2 Å². The summed E-state index contributed by atoms with van der Waals surface area (Å²) in [5, 5.41) is 11.4. The fourth-order valence-corrected chi connectivity index (χ4v) is 4.82. The Morgan fingerprint density at radius 3 is 2.96 bits per heavy atom. The summed E-state index contributed by atoms with van der Waals surface area (Å²) < 4.78 is 3.15. The second kappa shape index (κ2) is 6.85. The monoisotopic (exact) mass is 369 g/mol. The van der Waals surface area contributed by atoms with E-state index in [0.717, 1.165) is 37.1 Å². The van der Waals surface area contributed by atoms with Crippen molar-refractivity contribution in [1.82, 2.24) is 14.5 Å². The molecule has 1 aromatic carbocycles. The number of likely N-dealkylation sites (tertiary alicyclic amines) is 1. The zero-order valence-corrected chi connectivity index (χ0v) is 15.9. The summed E-state index contributed by atoms with van der Waals surface area (Å²) in [6, 6.07) is 9.76. The Kier molecular flexibility index (Phi) is 4.54. The number of piperidine rings is 1. The molecule has 0 saturated carbocycles. The van der Waals surface area contributed by atoms with E-state index in [1.54, 1.807) is 11.3 Å². The van der Waals surface area contributed by atoms with E-state index in [1.807, 2.05) is 24.6 Å². The lowest BCUT2D eigenvalue weighted by Gasteiger charge is -2.32. The SMILES string of the molecule is Cc1cc(=O)c(O)c(CN2CCCC(c3nc4ccccc4s3)C2)n1C. The van der Waals surface area contributed by atoms with E-state index in [2.05, 4.69) is 23.1 Å². The van der Waals surface area contributed by atoms with Crippen LogP contribution in [0.5, 0.6) is 5.75 Å². The number of thiazole rings is 1. The number of rotatable bonds is 3. The van der Waals surface area contributed by atoms with Crippen molar-refractivity contribution in [2.24, 2.45) is 7.05 Å². The van der Waals surface area contributed by atoms with Crippen LogP contribution in [-0.4, -0.2) is 32.6 Å². The van der Waals surface area contributed by atoms with Crippen molar-refractivity contribution in [3.8, 4) is 5.75 Å². The number of fused-ring (bicyclic) bond motifs is 1. The van der Waals surface area contributed by atoms with Crippen LogP contribution in [-0.2, 0) is 13.6 Å². The summed E-state index contributed by atoms with van der Waals surface area (Å²) in [6.07, 6.45) is 2.23. The molecule has 1 N–H and O–H groups in total. The average Bonchev–Trinajstić information content (AvgIpc) is 3.08. The normalized spacial score (nSPS) is 18.5. The van der Waals surface area contributed by atoms with Crippen molar-refractivity contribution in [3.63, 3.8) is 0 Å². The van der Waals surface area contributed by atoms with Gasteiger partial charge in [-0.05, 0) is 38.4 Å². The summed E-state index contributed by atoms with van der Waals surface area (Å²) >= 11 is 1.78. The number of para-hydroxylation sites is 1. The van der Waals surface area contributed by atoms with E-state index in [1.165, 1.54) is 15.8 Å². The fourth-order valence-electron chi connectivity index (χ4n) is 3.73. The molecule has 2 aromatic heterocycles. The van der Waals surface area contributed by atoms with Gasteiger partial charge in [-0.15, -0.1) is 11.3 Å². The van der Waals surface area contributed by atoms with Crippen molar-refractivity contribution in [2.75, 3.05) is 13.1 Å². The number of benzene rings is 1. The van der Waals surface area contributed by atoms with Gasteiger partial charge in [0.15, 0.2) is 5.75 Å². The molecule has 1 fully saturated rings. The molecule has 1 saturated heterocycles. The third-order valence-corrected chi connectivity index (χ3v) is 6.52. The lowest BCUT2D eigenvalue weighted by molar-refractivity contribution is 0.193. The highest BCUT2D eigenvalue weighted by molar-refractivity contribution is 7.18. The highest BCUT2D eigenvalue weighted by Crippen LogP contribution is 2.33. The molecule has 6 heteroatoms. The Labute approximate surface area is 156 Å². The van der Waals surface area contributed by atoms with Gasteiger partial charge in [-0.2, -0.15) is 0 Å². The molecule has 3 aromatic rings. The predicted molar refractivity (Wildman–Crippen MR) is 105 cm³/mol. The first-order valence-electron chi connectivity index (χ1n) is 8.99. The predicted octanol–water partition coefficient (Wildman–Crippen LogP) is 3.39. The van der Waals surface area contributed by atoms with Gasteiger partial charge < -0.3 is 9.67 Å². The van der Waals surface area contributed by atoms with E-state index in [-0.39, 0.29) is 11.2 Å². The molecule has 136 valence electrons. The molecular weight excluding hydrogens is 346 g/mol.